The van der Waals surface area contributed by atoms with E-state index in [1.165, 1.54) is 18.0 Å². The van der Waals surface area contributed by atoms with Crippen molar-refractivity contribution in [1.29, 1.82) is 0 Å². The predicted octanol–water partition coefficient (Wildman–Crippen LogP) is 7.06. The Bertz CT molecular complexity index is 1790. The summed E-state index contributed by atoms with van der Waals surface area (Å²) in [5.41, 5.74) is 6.80. The summed E-state index contributed by atoms with van der Waals surface area (Å²) in [7, 11) is 0. The molecule has 6 rings (SSSR count). The zero-order chi connectivity index (χ0) is 33.3. The summed E-state index contributed by atoms with van der Waals surface area (Å²) in [6.07, 6.45) is 0.429. The number of ether oxygens (including phenoxy) is 2. The van der Waals surface area contributed by atoms with Crippen molar-refractivity contribution in [2.24, 2.45) is 5.92 Å². The third kappa shape index (κ3) is 8.24. The van der Waals surface area contributed by atoms with Gasteiger partial charge in [0, 0.05) is 42.5 Å². The molecule has 1 fully saturated rings. The predicted molar refractivity (Wildman–Crippen MR) is 186 cm³/mol. The summed E-state index contributed by atoms with van der Waals surface area (Å²) >= 11 is 1.47. The van der Waals surface area contributed by atoms with Gasteiger partial charge in [0.2, 0.25) is 0 Å². The van der Waals surface area contributed by atoms with E-state index in [4.69, 9.17) is 9.47 Å². The van der Waals surface area contributed by atoms with E-state index in [-0.39, 0.29) is 30.8 Å². The Kier molecular flexibility index (Phi) is 11.0. The van der Waals surface area contributed by atoms with Gasteiger partial charge in [-0.2, -0.15) is 4.73 Å². The van der Waals surface area contributed by atoms with Crippen LogP contribution in [0.15, 0.2) is 133 Å². The van der Waals surface area contributed by atoms with Crippen molar-refractivity contribution in [3.8, 4) is 11.1 Å². The number of amides is 2. The quantitative estimate of drug-likeness (QED) is 0.0795. The second kappa shape index (κ2) is 16.0. The lowest BCUT2D eigenvalue weighted by molar-refractivity contribution is -0.645. The summed E-state index contributed by atoms with van der Waals surface area (Å²) in [6.45, 7) is 2.93. The number of thioether (sulfide) groups is 1. The number of pyridine rings is 1. The molecule has 4 aromatic carbocycles. The van der Waals surface area contributed by atoms with Gasteiger partial charge >= 0.3 is 6.03 Å². The largest absolute Gasteiger partial charge is 0.618 e. The highest BCUT2D eigenvalue weighted by Gasteiger charge is 2.38. The van der Waals surface area contributed by atoms with Gasteiger partial charge in [-0.05, 0) is 39.4 Å². The van der Waals surface area contributed by atoms with Crippen LogP contribution in [0.25, 0.3) is 11.1 Å². The fourth-order valence-electron chi connectivity index (χ4n) is 5.79. The third-order valence-corrected chi connectivity index (χ3v) is 9.66. The van der Waals surface area contributed by atoms with Crippen molar-refractivity contribution >= 4 is 17.8 Å². The summed E-state index contributed by atoms with van der Waals surface area (Å²) in [5.74, 6) is 0.580. The molecule has 2 heterocycles. The van der Waals surface area contributed by atoms with Gasteiger partial charge in [0.15, 0.2) is 12.5 Å². The molecule has 0 radical (unpaired) electrons. The van der Waals surface area contributed by atoms with Crippen LogP contribution in [0, 0.1) is 11.1 Å². The van der Waals surface area contributed by atoms with Crippen LogP contribution >= 0.6 is 11.8 Å². The van der Waals surface area contributed by atoms with E-state index in [2.05, 4.69) is 17.6 Å². The molecular formula is C39H39N3O5S. The summed E-state index contributed by atoms with van der Waals surface area (Å²) < 4.78 is 14.1. The Labute approximate surface area is 285 Å². The highest BCUT2D eigenvalue weighted by Crippen LogP contribution is 2.43. The number of rotatable bonds is 11. The Morgan fingerprint density at radius 2 is 1.48 bits per heavy atom. The van der Waals surface area contributed by atoms with Crippen LogP contribution in [0.2, 0.25) is 0 Å². The molecule has 4 atom stereocenters. The number of nitrogens with one attached hydrogen (secondary N) is 2. The molecule has 0 saturated carbocycles. The van der Waals surface area contributed by atoms with E-state index in [0.717, 1.165) is 43.7 Å². The number of urea groups is 1. The molecular weight excluding hydrogens is 623 g/mol. The van der Waals surface area contributed by atoms with Crippen molar-refractivity contribution in [1.82, 2.24) is 10.6 Å². The number of hydrogen-bond acceptors (Lipinski definition) is 6. The topological polar surface area (TPSA) is 107 Å². The molecule has 8 nitrogen and oxygen atoms in total. The molecule has 0 unspecified atom stereocenters. The highest BCUT2D eigenvalue weighted by molar-refractivity contribution is 7.99. The maximum Gasteiger partial charge on any atom is 0.315 e. The molecule has 1 saturated heterocycles. The molecule has 9 heteroatoms. The van der Waals surface area contributed by atoms with E-state index < -0.39 is 6.29 Å². The van der Waals surface area contributed by atoms with E-state index in [0.29, 0.717) is 23.9 Å². The Morgan fingerprint density at radius 3 is 2.23 bits per heavy atom. The van der Waals surface area contributed by atoms with Crippen LogP contribution in [-0.4, -0.2) is 23.0 Å². The van der Waals surface area contributed by atoms with Crippen LogP contribution in [0.1, 0.15) is 47.1 Å². The number of carbonyl (C=O) groups is 1. The van der Waals surface area contributed by atoms with Gasteiger partial charge in [0.25, 0.3) is 5.03 Å². The Morgan fingerprint density at radius 1 is 0.792 bits per heavy atom. The maximum atomic E-state index is 12.5. The van der Waals surface area contributed by atoms with Crippen LogP contribution in [0.5, 0.6) is 0 Å². The van der Waals surface area contributed by atoms with Crippen molar-refractivity contribution in [2.45, 2.75) is 50.1 Å². The molecule has 1 aliphatic heterocycles. The fraction of sp³-hybridized carbons (Fsp3) is 0.231. The monoisotopic (exact) mass is 661 g/mol. The first-order chi connectivity index (χ1) is 23.5. The number of hydrogen-bond donors (Lipinski definition) is 3. The van der Waals surface area contributed by atoms with Gasteiger partial charge in [0.1, 0.15) is 0 Å². The number of aliphatic hydroxyl groups is 1. The Balaban J connectivity index is 1.17. The van der Waals surface area contributed by atoms with Crippen LogP contribution in [-0.2, 0) is 29.2 Å². The first kappa shape index (κ1) is 33.2. The molecule has 0 bridgehead atoms. The van der Waals surface area contributed by atoms with Crippen LogP contribution < -0.4 is 15.4 Å². The maximum absolute atomic E-state index is 12.5. The lowest BCUT2D eigenvalue weighted by Gasteiger charge is -2.41. The molecule has 5 aromatic rings. The van der Waals surface area contributed by atoms with Crippen molar-refractivity contribution < 1.29 is 24.1 Å². The van der Waals surface area contributed by atoms with Gasteiger partial charge in [-0.25, -0.2) is 4.79 Å². The first-order valence-electron chi connectivity index (χ1n) is 16.0. The van der Waals surface area contributed by atoms with E-state index in [1.54, 1.807) is 6.07 Å². The minimum atomic E-state index is -0.622. The molecule has 0 spiro atoms. The van der Waals surface area contributed by atoms with Crippen LogP contribution in [0.4, 0.5) is 4.79 Å². The van der Waals surface area contributed by atoms with Crippen molar-refractivity contribution in [3.63, 3.8) is 0 Å². The minimum Gasteiger partial charge on any atom is -0.618 e. The molecule has 1 aliphatic rings. The van der Waals surface area contributed by atoms with Gasteiger partial charge in [-0.3, -0.25) is 0 Å². The SMILES string of the molecule is C[C@H]1[C@@H](CSc2cccc[n+]2[O-])O[C@@H](c2ccc(-c3ccccc3CNC(=O)NCc3ccccc3)cc2)O[C@H]1c1ccc(CO)cc1. The van der Waals surface area contributed by atoms with E-state index in [1.807, 2.05) is 115 Å². The van der Waals surface area contributed by atoms with Gasteiger partial charge in [-0.1, -0.05) is 122 Å². The van der Waals surface area contributed by atoms with Gasteiger partial charge in [-0.15, -0.1) is 0 Å². The molecule has 1 aromatic heterocycles. The fourth-order valence-corrected chi connectivity index (χ4v) is 6.87. The average molecular weight is 662 g/mol. The second-order valence-corrected chi connectivity index (χ2v) is 12.8. The smallest absolute Gasteiger partial charge is 0.315 e. The number of aromatic nitrogens is 1. The standard InChI is InChI=1S/C39H39N3O5S/c1-27-35(26-48-36-13-7-8-22-42(36)45)46-38(47-37(27)31-16-14-29(25-43)15-17-31)32-20-18-30(19-21-32)34-12-6-5-11-33(34)24-41-39(44)40-23-28-9-3-2-4-10-28/h2-22,27,35,37-38,43H,23-26H2,1H3,(H2,40,41,44)/t27-,35+,37+,38+/m0/s1. The lowest BCUT2D eigenvalue weighted by atomic mass is 9.91. The Hall–Kier alpha value is -4.67. The second-order valence-electron chi connectivity index (χ2n) is 11.8. The van der Waals surface area contributed by atoms with Gasteiger partial charge in [0.05, 0.1) is 18.8 Å². The number of nitrogens with zero attached hydrogens (tertiary/aromatic N) is 1. The minimum absolute atomic E-state index is 0.00100. The normalized spacial score (nSPS) is 19.0. The number of aliphatic hydroxyl groups excluding tert-OH is 1. The van der Waals surface area contributed by atoms with Crippen LogP contribution in [0.3, 0.4) is 0 Å². The van der Waals surface area contributed by atoms with E-state index >= 15 is 0 Å². The number of benzene rings is 4. The van der Waals surface area contributed by atoms with Crippen molar-refractivity contribution in [3.05, 3.63) is 161 Å². The van der Waals surface area contributed by atoms with E-state index in [9.17, 15) is 15.1 Å². The molecule has 246 valence electrons. The zero-order valence-corrected chi connectivity index (χ0v) is 27.5. The van der Waals surface area contributed by atoms with Gasteiger partial charge < -0.3 is 30.4 Å². The zero-order valence-electron chi connectivity index (χ0n) is 26.7. The molecule has 48 heavy (non-hydrogen) atoms. The first-order valence-corrected chi connectivity index (χ1v) is 17.0. The molecule has 2 amide bonds. The van der Waals surface area contributed by atoms with Crippen molar-refractivity contribution in [2.75, 3.05) is 5.75 Å². The highest BCUT2D eigenvalue weighted by atomic mass is 32.2. The molecule has 3 N–H and O–H groups in total. The third-order valence-electron chi connectivity index (χ3n) is 8.55. The molecule has 0 aliphatic carbocycles. The summed E-state index contributed by atoms with van der Waals surface area (Å²) in [6, 6.07) is 39.0. The lowest BCUT2D eigenvalue weighted by Crippen LogP contribution is -2.39. The summed E-state index contributed by atoms with van der Waals surface area (Å²) in [4.78, 5) is 12.5. The average Bonchev–Trinajstić information content (AvgIpc) is 3.14. The number of carbonyl (C=O) groups excluding carboxylic acids is 1. The summed E-state index contributed by atoms with van der Waals surface area (Å²) in [5, 5.41) is 28.4.